The normalized spacial score (nSPS) is 10.9. The summed E-state index contributed by atoms with van der Waals surface area (Å²) >= 11 is 0. The van der Waals surface area contributed by atoms with Crippen LogP contribution in [0.25, 0.3) is 22.6 Å². The molecule has 152 valence electrons. The fourth-order valence-electron chi connectivity index (χ4n) is 3.21. The molecule has 0 saturated heterocycles. The molecule has 0 N–H and O–H groups in total. The number of terminal acetylenes is 1. The van der Waals surface area contributed by atoms with E-state index in [1.54, 1.807) is 36.9 Å². The summed E-state index contributed by atoms with van der Waals surface area (Å²) in [6.07, 6.45) is 5.36. The Hall–Kier alpha value is -3.51. The number of imidazole rings is 1. The highest BCUT2D eigenvalue weighted by Crippen LogP contribution is 2.32. The van der Waals surface area contributed by atoms with Crippen molar-refractivity contribution in [1.29, 1.82) is 0 Å². The first kappa shape index (κ1) is 20.2. The highest BCUT2D eigenvalue weighted by atomic mass is 16.5. The lowest BCUT2D eigenvalue weighted by Crippen LogP contribution is -2.41. The number of hydrogen-bond acceptors (Lipinski definition) is 6. The van der Waals surface area contributed by atoms with Gasteiger partial charge in [-0.05, 0) is 18.2 Å². The summed E-state index contributed by atoms with van der Waals surface area (Å²) in [7, 11) is 6.34. The number of nitrogens with zero attached hydrogens (tertiary/aromatic N) is 4. The smallest absolute Gasteiger partial charge is 0.333 e. The predicted molar refractivity (Wildman–Crippen MR) is 108 cm³/mol. The summed E-state index contributed by atoms with van der Waals surface area (Å²) in [5, 5.41) is 0. The number of benzene rings is 1. The number of aromatic nitrogens is 4. The van der Waals surface area contributed by atoms with Crippen molar-refractivity contribution in [1.82, 2.24) is 18.7 Å². The van der Waals surface area contributed by atoms with E-state index in [4.69, 9.17) is 20.6 Å². The van der Waals surface area contributed by atoms with E-state index in [2.05, 4.69) is 10.9 Å². The van der Waals surface area contributed by atoms with Gasteiger partial charge >= 0.3 is 5.69 Å². The minimum absolute atomic E-state index is 0.128. The predicted octanol–water partition coefficient (Wildman–Crippen LogP) is 0.860. The van der Waals surface area contributed by atoms with Gasteiger partial charge in [0, 0.05) is 19.7 Å². The van der Waals surface area contributed by atoms with Gasteiger partial charge in [-0.3, -0.25) is 9.36 Å². The molecule has 3 rings (SSSR count). The molecule has 0 radical (unpaired) electrons. The Morgan fingerprint density at radius 2 is 1.83 bits per heavy atom. The maximum atomic E-state index is 13.0. The Labute approximate surface area is 167 Å². The molecular formula is C20H22N4O5. The van der Waals surface area contributed by atoms with Gasteiger partial charge in [0.2, 0.25) is 0 Å². The molecule has 29 heavy (non-hydrogen) atoms. The Balaban J connectivity index is 2.34. The highest BCUT2D eigenvalue weighted by Gasteiger charge is 2.21. The van der Waals surface area contributed by atoms with Gasteiger partial charge in [-0.1, -0.05) is 5.92 Å². The van der Waals surface area contributed by atoms with Crippen LogP contribution in [0.4, 0.5) is 0 Å². The second-order valence-corrected chi connectivity index (χ2v) is 6.26. The van der Waals surface area contributed by atoms with Gasteiger partial charge in [-0.2, -0.15) is 0 Å². The van der Waals surface area contributed by atoms with Gasteiger partial charge in [0.1, 0.15) is 5.82 Å². The molecule has 0 unspecified atom stereocenters. The van der Waals surface area contributed by atoms with Crippen LogP contribution in [-0.2, 0) is 24.9 Å². The summed E-state index contributed by atoms with van der Waals surface area (Å²) in [4.78, 5) is 30.4. The van der Waals surface area contributed by atoms with Crippen LogP contribution in [-0.4, -0.2) is 46.6 Å². The number of rotatable bonds is 7. The van der Waals surface area contributed by atoms with Gasteiger partial charge in [0.25, 0.3) is 5.56 Å². The van der Waals surface area contributed by atoms with Crippen molar-refractivity contribution < 1.29 is 14.2 Å². The topological polar surface area (TPSA) is 89.5 Å². The van der Waals surface area contributed by atoms with Crippen molar-refractivity contribution in [3.63, 3.8) is 0 Å². The summed E-state index contributed by atoms with van der Waals surface area (Å²) < 4.78 is 19.8. The fraction of sp³-hybridized carbons (Fsp3) is 0.350. The fourth-order valence-corrected chi connectivity index (χ4v) is 3.21. The third-order valence-electron chi connectivity index (χ3n) is 4.65. The zero-order valence-corrected chi connectivity index (χ0v) is 16.8. The Morgan fingerprint density at radius 3 is 2.45 bits per heavy atom. The second-order valence-electron chi connectivity index (χ2n) is 6.26. The summed E-state index contributed by atoms with van der Waals surface area (Å²) in [6, 6.07) is 5.32. The molecule has 9 nitrogen and oxygen atoms in total. The zero-order chi connectivity index (χ0) is 21.1. The van der Waals surface area contributed by atoms with Gasteiger partial charge in [-0.15, -0.1) is 6.42 Å². The third kappa shape index (κ3) is 3.39. The van der Waals surface area contributed by atoms with Crippen LogP contribution in [0.2, 0.25) is 0 Å². The lowest BCUT2D eigenvalue weighted by atomic mass is 10.2. The van der Waals surface area contributed by atoms with Crippen LogP contribution in [0.15, 0.2) is 27.8 Å². The van der Waals surface area contributed by atoms with Crippen LogP contribution in [0, 0.1) is 12.3 Å². The SMILES string of the molecule is C#CCn1c(=O)c2c(nc(-c3ccc(OC)c(OC)c3)n2C)n(CCOC)c1=O. The quantitative estimate of drug-likeness (QED) is 0.549. The molecular weight excluding hydrogens is 376 g/mol. The first-order valence-corrected chi connectivity index (χ1v) is 8.83. The van der Waals surface area contributed by atoms with Crippen molar-refractivity contribution in [3.8, 4) is 35.2 Å². The minimum Gasteiger partial charge on any atom is -0.493 e. The molecule has 2 aromatic heterocycles. The van der Waals surface area contributed by atoms with Crippen LogP contribution >= 0.6 is 0 Å². The van der Waals surface area contributed by atoms with E-state index in [0.29, 0.717) is 22.9 Å². The molecule has 0 amide bonds. The van der Waals surface area contributed by atoms with Crippen LogP contribution in [0.3, 0.4) is 0 Å². The molecule has 0 fully saturated rings. The number of fused-ring (bicyclic) bond motifs is 1. The molecule has 2 heterocycles. The molecule has 9 heteroatoms. The van der Waals surface area contributed by atoms with E-state index >= 15 is 0 Å². The number of aryl methyl sites for hydroxylation is 1. The summed E-state index contributed by atoms with van der Waals surface area (Å²) in [5.41, 5.74) is 0.251. The molecule has 0 bridgehead atoms. The largest absolute Gasteiger partial charge is 0.493 e. The van der Waals surface area contributed by atoms with Crippen molar-refractivity contribution in [2.24, 2.45) is 7.05 Å². The van der Waals surface area contributed by atoms with E-state index in [9.17, 15) is 9.59 Å². The molecule has 1 aromatic carbocycles. The zero-order valence-electron chi connectivity index (χ0n) is 16.8. The van der Waals surface area contributed by atoms with Crippen LogP contribution < -0.4 is 20.7 Å². The lowest BCUT2D eigenvalue weighted by molar-refractivity contribution is 0.186. The van der Waals surface area contributed by atoms with Crippen LogP contribution in [0.5, 0.6) is 11.5 Å². The Bertz CT molecular complexity index is 1210. The van der Waals surface area contributed by atoms with E-state index in [1.807, 2.05) is 0 Å². The maximum absolute atomic E-state index is 13.0. The Kier molecular flexibility index (Phi) is 5.75. The van der Waals surface area contributed by atoms with Gasteiger partial charge in [0.05, 0.1) is 33.9 Å². The van der Waals surface area contributed by atoms with E-state index < -0.39 is 11.2 Å². The van der Waals surface area contributed by atoms with E-state index in [1.165, 1.54) is 18.8 Å². The number of ether oxygens (including phenoxy) is 3. The Morgan fingerprint density at radius 1 is 1.10 bits per heavy atom. The molecule has 0 aliphatic carbocycles. The first-order valence-electron chi connectivity index (χ1n) is 8.83. The number of hydrogen-bond donors (Lipinski definition) is 0. The maximum Gasteiger partial charge on any atom is 0.333 e. The van der Waals surface area contributed by atoms with Gasteiger partial charge in [0.15, 0.2) is 22.7 Å². The monoisotopic (exact) mass is 398 g/mol. The standard InChI is InChI=1S/C20H22N4O5/c1-6-9-24-19(25)16-18(23(20(24)26)10-11-27-3)21-17(22(16)2)13-7-8-14(28-4)15(12-13)29-5/h1,7-8,12H,9-11H2,2-5H3. The lowest BCUT2D eigenvalue weighted by Gasteiger charge is -2.10. The molecule has 3 aromatic rings. The van der Waals surface area contributed by atoms with Crippen molar-refractivity contribution >= 4 is 11.2 Å². The summed E-state index contributed by atoms with van der Waals surface area (Å²) in [6.45, 7) is 0.391. The third-order valence-corrected chi connectivity index (χ3v) is 4.65. The average Bonchev–Trinajstić information content (AvgIpc) is 3.07. The molecule has 0 saturated carbocycles. The molecule has 0 aliphatic rings. The highest BCUT2D eigenvalue weighted by molar-refractivity contribution is 5.77. The van der Waals surface area contributed by atoms with Crippen molar-refractivity contribution in [2.75, 3.05) is 27.9 Å². The van der Waals surface area contributed by atoms with Crippen molar-refractivity contribution in [2.45, 2.75) is 13.1 Å². The first-order chi connectivity index (χ1) is 14.0. The molecule has 0 aliphatic heterocycles. The molecule has 0 atom stereocenters. The van der Waals surface area contributed by atoms with Gasteiger partial charge < -0.3 is 18.8 Å². The van der Waals surface area contributed by atoms with E-state index in [0.717, 1.165) is 4.57 Å². The molecule has 0 spiro atoms. The van der Waals surface area contributed by atoms with E-state index in [-0.39, 0.29) is 30.9 Å². The van der Waals surface area contributed by atoms with Gasteiger partial charge in [-0.25, -0.2) is 14.3 Å². The number of methoxy groups -OCH3 is 3. The average molecular weight is 398 g/mol. The van der Waals surface area contributed by atoms with Crippen LogP contribution in [0.1, 0.15) is 0 Å². The van der Waals surface area contributed by atoms with Crippen molar-refractivity contribution in [3.05, 3.63) is 39.0 Å². The minimum atomic E-state index is -0.519. The second kappa shape index (κ2) is 8.24. The summed E-state index contributed by atoms with van der Waals surface area (Å²) in [5.74, 6) is 3.96.